The van der Waals surface area contributed by atoms with Crippen molar-refractivity contribution in [3.05, 3.63) is 71.4 Å². The van der Waals surface area contributed by atoms with Crippen molar-refractivity contribution in [1.82, 2.24) is 14.7 Å². The summed E-state index contributed by atoms with van der Waals surface area (Å²) >= 11 is 0. The summed E-state index contributed by atoms with van der Waals surface area (Å²) in [5.41, 5.74) is -0.634. The monoisotopic (exact) mass is 595 g/mol. The van der Waals surface area contributed by atoms with Crippen molar-refractivity contribution in [2.45, 2.75) is 89.4 Å². The van der Waals surface area contributed by atoms with Gasteiger partial charge in [-0.1, -0.05) is 30.3 Å². The lowest BCUT2D eigenvalue weighted by molar-refractivity contribution is -0.158. The van der Waals surface area contributed by atoms with Gasteiger partial charge in [0.25, 0.3) is 0 Å². The third kappa shape index (κ3) is 7.98. The van der Waals surface area contributed by atoms with Gasteiger partial charge >= 0.3 is 12.1 Å². The minimum Gasteiger partial charge on any atom is -0.459 e. The second kappa shape index (κ2) is 12.7. The first-order chi connectivity index (χ1) is 19.7. The molecule has 4 rings (SSSR count). The molecule has 0 bridgehead atoms. The fourth-order valence-corrected chi connectivity index (χ4v) is 5.09. The number of ether oxygens (including phenoxy) is 2. The molecule has 0 aliphatic heterocycles. The number of hydrogen-bond donors (Lipinski definition) is 1. The van der Waals surface area contributed by atoms with Gasteiger partial charge in [0.05, 0.1) is 17.7 Å². The summed E-state index contributed by atoms with van der Waals surface area (Å²) < 4.78 is 82.4. The normalized spacial score (nSPS) is 17.2. The minimum absolute atomic E-state index is 0.0263. The van der Waals surface area contributed by atoms with Crippen LogP contribution in [0.15, 0.2) is 48.8 Å². The molecule has 1 aliphatic carbocycles. The number of rotatable bonds is 9. The van der Waals surface area contributed by atoms with Gasteiger partial charge in [0, 0.05) is 37.2 Å². The van der Waals surface area contributed by atoms with Crippen molar-refractivity contribution in [1.29, 1.82) is 0 Å². The van der Waals surface area contributed by atoms with E-state index in [1.807, 2.05) is 6.07 Å². The summed E-state index contributed by atoms with van der Waals surface area (Å²) in [6.07, 6.45) is -2.48. The smallest absolute Gasteiger partial charge is 0.408 e. The Morgan fingerprint density at radius 3 is 2.40 bits per heavy atom. The molecule has 1 amide bonds. The van der Waals surface area contributed by atoms with E-state index in [0.717, 1.165) is 5.56 Å². The largest absolute Gasteiger partial charge is 0.459 e. The number of pyridine rings is 1. The number of carbonyl (C=O) groups excluding carboxylic acids is 2. The average molecular weight is 596 g/mol. The molecule has 2 aromatic heterocycles. The Morgan fingerprint density at radius 2 is 1.79 bits per heavy atom. The van der Waals surface area contributed by atoms with Crippen LogP contribution in [-0.4, -0.2) is 39.4 Å². The molecule has 0 saturated heterocycles. The first kappa shape index (κ1) is 31.2. The third-order valence-corrected chi connectivity index (χ3v) is 7.13. The minimum atomic E-state index is -2.91. The summed E-state index contributed by atoms with van der Waals surface area (Å²) in [5.74, 6) is -6.86. The summed E-state index contributed by atoms with van der Waals surface area (Å²) in [4.78, 5) is 29.9. The number of esters is 1. The van der Waals surface area contributed by atoms with Crippen LogP contribution in [0.4, 0.5) is 26.7 Å². The lowest BCUT2D eigenvalue weighted by Crippen LogP contribution is -2.37. The van der Waals surface area contributed by atoms with Crippen LogP contribution in [0.25, 0.3) is 5.65 Å². The van der Waals surface area contributed by atoms with Gasteiger partial charge < -0.3 is 19.2 Å². The molecule has 2 heterocycles. The van der Waals surface area contributed by atoms with Gasteiger partial charge in [0.1, 0.15) is 12.2 Å². The number of imidazole rings is 1. The number of alkyl carbamates (subject to hydrolysis) is 1. The number of aromatic nitrogens is 2. The zero-order valence-corrected chi connectivity index (χ0v) is 23.6. The van der Waals surface area contributed by atoms with Gasteiger partial charge in [-0.25, -0.2) is 31.7 Å². The number of nitrogens with zero attached hydrogens (tertiary/aromatic N) is 2. The van der Waals surface area contributed by atoms with Crippen LogP contribution < -0.4 is 5.32 Å². The van der Waals surface area contributed by atoms with Crippen molar-refractivity contribution in [3.8, 4) is 0 Å². The van der Waals surface area contributed by atoms with E-state index < -0.39 is 60.1 Å². The number of amides is 1. The maximum Gasteiger partial charge on any atom is 0.408 e. The number of hydrogen-bond acceptors (Lipinski definition) is 5. The van der Waals surface area contributed by atoms with Crippen LogP contribution in [0, 0.1) is 11.7 Å². The summed E-state index contributed by atoms with van der Waals surface area (Å²) in [6, 6.07) is 9.25. The lowest BCUT2D eigenvalue weighted by atomic mass is 9.81. The molecule has 1 aliphatic rings. The van der Waals surface area contributed by atoms with Crippen LogP contribution in [0.2, 0.25) is 0 Å². The van der Waals surface area contributed by atoms with Gasteiger partial charge in [0.2, 0.25) is 12.3 Å². The Labute approximate surface area is 240 Å². The molecule has 2 atom stereocenters. The predicted molar refractivity (Wildman–Crippen MR) is 144 cm³/mol. The van der Waals surface area contributed by atoms with Crippen molar-refractivity contribution < 1.29 is 41.0 Å². The topological polar surface area (TPSA) is 81.9 Å². The summed E-state index contributed by atoms with van der Waals surface area (Å²) in [6.45, 7) is 4.69. The van der Waals surface area contributed by atoms with E-state index in [-0.39, 0.29) is 49.2 Å². The molecule has 1 aromatic carbocycles. The van der Waals surface area contributed by atoms with Crippen LogP contribution in [0.5, 0.6) is 0 Å². The molecule has 7 nitrogen and oxygen atoms in total. The highest BCUT2D eigenvalue weighted by Gasteiger charge is 2.40. The molecule has 42 heavy (non-hydrogen) atoms. The van der Waals surface area contributed by atoms with E-state index in [1.165, 1.54) is 22.9 Å². The van der Waals surface area contributed by atoms with Crippen LogP contribution in [-0.2, 0) is 20.9 Å². The zero-order chi connectivity index (χ0) is 30.7. The Balaban J connectivity index is 1.64. The van der Waals surface area contributed by atoms with E-state index in [4.69, 9.17) is 9.47 Å². The van der Waals surface area contributed by atoms with Gasteiger partial charge in [-0.2, -0.15) is 0 Å². The van der Waals surface area contributed by atoms with Crippen molar-refractivity contribution in [3.63, 3.8) is 0 Å². The van der Waals surface area contributed by atoms with Gasteiger partial charge in [-0.3, -0.25) is 4.79 Å². The molecule has 2 unspecified atom stereocenters. The third-order valence-electron chi connectivity index (χ3n) is 7.13. The molecule has 3 aromatic rings. The average Bonchev–Trinajstić information content (AvgIpc) is 3.34. The first-order valence-corrected chi connectivity index (χ1v) is 13.8. The van der Waals surface area contributed by atoms with Crippen molar-refractivity contribution in [2.75, 3.05) is 0 Å². The summed E-state index contributed by atoms with van der Waals surface area (Å²) in [7, 11) is 0. The number of fused-ring (bicyclic) bond motifs is 1. The fourth-order valence-electron chi connectivity index (χ4n) is 5.09. The molecule has 12 heteroatoms. The predicted octanol–water partition coefficient (Wildman–Crippen LogP) is 7.35. The molecule has 1 saturated carbocycles. The lowest BCUT2D eigenvalue weighted by Gasteiger charge is -2.33. The Bertz CT molecular complexity index is 1380. The molecule has 0 radical (unpaired) electrons. The SMILES string of the molecule is CC(C)(C)OC(=O)C(CC(F)F)c1ccn2cc(C(NC(=O)OCc3ccccc3)C3CCC(F)(F)CC3)nc2c1F. The van der Waals surface area contributed by atoms with E-state index >= 15 is 4.39 Å². The molecular weight excluding hydrogens is 561 g/mol. The number of carbonyl (C=O) groups is 2. The molecule has 1 N–H and O–H groups in total. The standard InChI is InChI=1S/C30H34F5N3O4/c1-29(2,3)42-27(39)21(15-23(31)32)20-11-14-38-16-22(36-26(38)24(20)33)25(19-9-12-30(34,35)13-10-19)37-28(40)41-17-18-7-5-4-6-8-18/h4-8,11,14,16,19,21,23,25H,9-10,12-13,15,17H2,1-3H3,(H,37,40). The fraction of sp³-hybridized carbons (Fsp3) is 0.500. The van der Waals surface area contributed by atoms with Gasteiger partial charge in [-0.15, -0.1) is 0 Å². The number of halogens is 5. The van der Waals surface area contributed by atoms with E-state index in [0.29, 0.717) is 0 Å². The second-order valence-corrected chi connectivity index (χ2v) is 11.6. The van der Waals surface area contributed by atoms with Gasteiger partial charge in [-0.05, 0) is 51.2 Å². The van der Waals surface area contributed by atoms with E-state index in [9.17, 15) is 27.2 Å². The van der Waals surface area contributed by atoms with Crippen molar-refractivity contribution in [2.24, 2.45) is 5.92 Å². The number of nitrogens with one attached hydrogen (secondary N) is 1. The van der Waals surface area contributed by atoms with Gasteiger partial charge in [0.15, 0.2) is 11.5 Å². The first-order valence-electron chi connectivity index (χ1n) is 13.8. The maximum atomic E-state index is 15.8. The molecule has 0 spiro atoms. The Hall–Kier alpha value is -3.70. The zero-order valence-electron chi connectivity index (χ0n) is 23.6. The quantitative estimate of drug-likeness (QED) is 0.207. The Morgan fingerprint density at radius 1 is 1.12 bits per heavy atom. The maximum absolute atomic E-state index is 15.8. The molecular formula is C30H34F5N3O4. The van der Waals surface area contributed by atoms with Crippen LogP contribution in [0.1, 0.15) is 81.7 Å². The Kier molecular flexibility index (Phi) is 9.42. The number of alkyl halides is 4. The highest BCUT2D eigenvalue weighted by atomic mass is 19.3. The highest BCUT2D eigenvalue weighted by molar-refractivity contribution is 5.79. The van der Waals surface area contributed by atoms with Crippen LogP contribution >= 0.6 is 0 Å². The highest BCUT2D eigenvalue weighted by Crippen LogP contribution is 2.41. The van der Waals surface area contributed by atoms with Crippen LogP contribution in [0.3, 0.4) is 0 Å². The van der Waals surface area contributed by atoms with E-state index in [1.54, 1.807) is 45.0 Å². The van der Waals surface area contributed by atoms with Crippen molar-refractivity contribution >= 4 is 17.7 Å². The second-order valence-electron chi connectivity index (χ2n) is 11.6. The molecule has 1 fully saturated rings. The summed E-state index contributed by atoms with van der Waals surface area (Å²) in [5, 5.41) is 2.71. The van der Waals surface area contributed by atoms with E-state index in [2.05, 4.69) is 10.3 Å². The number of benzene rings is 1. The molecule has 228 valence electrons.